The Morgan fingerprint density at radius 2 is 1.86 bits per heavy atom. The fourth-order valence-electron chi connectivity index (χ4n) is 1.54. The van der Waals surface area contributed by atoms with Gasteiger partial charge in [0.05, 0.1) is 13.0 Å². The third kappa shape index (κ3) is 9.65. The number of hydrogen-bond acceptors (Lipinski definition) is 5. The molecule has 0 radical (unpaired) electrons. The van der Waals surface area contributed by atoms with Crippen molar-refractivity contribution in [1.29, 1.82) is 0 Å². The number of carboxylic acids is 1. The molecule has 0 aliphatic carbocycles. The molecule has 0 rings (SSSR count). The molecule has 0 saturated heterocycles. The Morgan fingerprint density at radius 1 is 1.19 bits per heavy atom. The van der Waals surface area contributed by atoms with Gasteiger partial charge in [0.1, 0.15) is 6.10 Å². The highest BCUT2D eigenvalue weighted by atomic mass is 16.6. The second kappa shape index (κ2) is 10.9. The highest BCUT2D eigenvalue weighted by molar-refractivity contribution is 5.94. The van der Waals surface area contributed by atoms with Gasteiger partial charge in [0.15, 0.2) is 0 Å². The Balaban J connectivity index is 4.41. The Kier molecular flexibility index (Phi) is 9.92. The maximum Gasteiger partial charge on any atom is 0.331 e. The lowest BCUT2D eigenvalue weighted by Gasteiger charge is -2.15. The van der Waals surface area contributed by atoms with Crippen molar-refractivity contribution in [3.05, 3.63) is 11.6 Å². The van der Waals surface area contributed by atoms with E-state index in [4.69, 9.17) is 14.6 Å². The number of rotatable bonds is 10. The van der Waals surface area contributed by atoms with Gasteiger partial charge >= 0.3 is 17.9 Å². The Labute approximate surface area is 125 Å². The monoisotopic (exact) mass is 300 g/mol. The Bertz CT molecular complexity index is 386. The standard InChI is InChI=1S/C15H24O6/c1-4-6-8-20-13(16)10-12(7-5-2)21-14(17)9-11(3)15(18)19/h9,12H,4-8,10H2,1-3H3,(H,18,19)/b11-9-. The van der Waals surface area contributed by atoms with Crippen LogP contribution in [0.4, 0.5) is 0 Å². The molecule has 0 bridgehead atoms. The van der Waals surface area contributed by atoms with E-state index < -0.39 is 24.0 Å². The van der Waals surface area contributed by atoms with E-state index in [0.717, 1.165) is 25.3 Å². The van der Waals surface area contributed by atoms with E-state index >= 15 is 0 Å². The molecule has 1 N–H and O–H groups in total. The molecule has 1 atom stereocenters. The molecular formula is C15H24O6. The van der Waals surface area contributed by atoms with E-state index in [1.54, 1.807) is 0 Å². The van der Waals surface area contributed by atoms with Gasteiger partial charge in [-0.1, -0.05) is 26.7 Å². The minimum absolute atomic E-state index is 0.0107. The van der Waals surface area contributed by atoms with Crippen molar-refractivity contribution in [3.8, 4) is 0 Å². The normalized spacial score (nSPS) is 12.6. The first-order valence-corrected chi connectivity index (χ1v) is 7.18. The van der Waals surface area contributed by atoms with Crippen molar-refractivity contribution in [3.63, 3.8) is 0 Å². The zero-order chi connectivity index (χ0) is 16.3. The zero-order valence-corrected chi connectivity index (χ0v) is 12.9. The number of carbonyl (C=O) groups excluding carboxylic acids is 2. The quantitative estimate of drug-likeness (QED) is 0.378. The van der Waals surface area contributed by atoms with Crippen LogP contribution in [0.5, 0.6) is 0 Å². The van der Waals surface area contributed by atoms with Crippen molar-refractivity contribution in [2.24, 2.45) is 0 Å². The average molecular weight is 300 g/mol. The average Bonchev–Trinajstić information content (AvgIpc) is 2.38. The van der Waals surface area contributed by atoms with Gasteiger partial charge < -0.3 is 14.6 Å². The maximum absolute atomic E-state index is 11.6. The molecule has 0 aliphatic heterocycles. The van der Waals surface area contributed by atoms with E-state index in [2.05, 4.69) is 0 Å². The summed E-state index contributed by atoms with van der Waals surface area (Å²) in [6, 6.07) is 0. The van der Waals surface area contributed by atoms with Crippen LogP contribution in [0.1, 0.15) is 52.9 Å². The summed E-state index contributed by atoms with van der Waals surface area (Å²) in [6.07, 6.45) is 3.30. The van der Waals surface area contributed by atoms with Gasteiger partial charge in [0.2, 0.25) is 0 Å². The maximum atomic E-state index is 11.6. The molecule has 0 aromatic heterocycles. The number of ether oxygens (including phenoxy) is 2. The van der Waals surface area contributed by atoms with Gasteiger partial charge in [0, 0.05) is 11.6 Å². The summed E-state index contributed by atoms with van der Waals surface area (Å²) in [6.45, 7) is 5.56. The van der Waals surface area contributed by atoms with Gasteiger partial charge in [-0.05, 0) is 19.8 Å². The van der Waals surface area contributed by atoms with Crippen LogP contribution in [0.15, 0.2) is 11.6 Å². The summed E-state index contributed by atoms with van der Waals surface area (Å²) in [7, 11) is 0. The molecule has 0 heterocycles. The minimum atomic E-state index is -1.18. The van der Waals surface area contributed by atoms with Crippen molar-refractivity contribution in [2.75, 3.05) is 6.61 Å². The van der Waals surface area contributed by atoms with Crippen LogP contribution in [-0.2, 0) is 23.9 Å². The van der Waals surface area contributed by atoms with Gasteiger partial charge in [-0.2, -0.15) is 0 Å². The van der Waals surface area contributed by atoms with E-state index in [-0.39, 0.29) is 12.0 Å². The van der Waals surface area contributed by atoms with Crippen LogP contribution in [0, 0.1) is 0 Å². The molecule has 0 saturated carbocycles. The highest BCUT2D eigenvalue weighted by Gasteiger charge is 2.18. The largest absolute Gasteiger partial charge is 0.478 e. The molecule has 0 aromatic rings. The molecule has 0 fully saturated rings. The summed E-state index contributed by atoms with van der Waals surface area (Å²) in [4.78, 5) is 33.8. The van der Waals surface area contributed by atoms with Crippen molar-refractivity contribution in [2.45, 2.75) is 59.0 Å². The lowest BCUT2D eigenvalue weighted by Crippen LogP contribution is -2.22. The summed E-state index contributed by atoms with van der Waals surface area (Å²) >= 11 is 0. The molecule has 0 spiro atoms. The van der Waals surface area contributed by atoms with E-state index in [1.807, 2.05) is 13.8 Å². The van der Waals surface area contributed by atoms with E-state index in [0.29, 0.717) is 13.0 Å². The van der Waals surface area contributed by atoms with Crippen LogP contribution in [0.3, 0.4) is 0 Å². The van der Waals surface area contributed by atoms with Gasteiger partial charge in [-0.25, -0.2) is 9.59 Å². The third-order valence-electron chi connectivity index (χ3n) is 2.72. The summed E-state index contributed by atoms with van der Waals surface area (Å²) in [5, 5.41) is 8.68. The molecule has 1 unspecified atom stereocenters. The third-order valence-corrected chi connectivity index (χ3v) is 2.72. The van der Waals surface area contributed by atoms with Crippen LogP contribution in [0.2, 0.25) is 0 Å². The van der Waals surface area contributed by atoms with Crippen molar-refractivity contribution in [1.82, 2.24) is 0 Å². The first-order chi connectivity index (χ1) is 9.90. The minimum Gasteiger partial charge on any atom is -0.478 e. The van der Waals surface area contributed by atoms with Crippen molar-refractivity contribution >= 4 is 17.9 Å². The fraction of sp³-hybridized carbons (Fsp3) is 0.667. The smallest absolute Gasteiger partial charge is 0.331 e. The SMILES string of the molecule is CCCCOC(=O)CC(CCC)OC(=O)/C=C(/C)C(=O)O. The lowest BCUT2D eigenvalue weighted by molar-refractivity contribution is -0.152. The Morgan fingerprint density at radius 3 is 2.38 bits per heavy atom. The summed E-state index contributed by atoms with van der Waals surface area (Å²) in [5.41, 5.74) is -0.110. The van der Waals surface area contributed by atoms with Crippen LogP contribution < -0.4 is 0 Å². The molecule has 120 valence electrons. The number of carbonyl (C=O) groups is 3. The van der Waals surface area contributed by atoms with Gasteiger partial charge in [-0.3, -0.25) is 4.79 Å². The van der Waals surface area contributed by atoms with Crippen LogP contribution >= 0.6 is 0 Å². The number of aliphatic carboxylic acids is 1. The molecule has 21 heavy (non-hydrogen) atoms. The molecule has 0 amide bonds. The molecular weight excluding hydrogens is 276 g/mol. The summed E-state index contributed by atoms with van der Waals surface area (Å²) < 4.78 is 10.1. The number of hydrogen-bond donors (Lipinski definition) is 1. The number of carboxylic acid groups (broad SMARTS) is 1. The second-order valence-corrected chi connectivity index (χ2v) is 4.76. The number of esters is 2. The molecule has 0 aromatic carbocycles. The first kappa shape index (κ1) is 19.1. The second-order valence-electron chi connectivity index (χ2n) is 4.76. The van der Waals surface area contributed by atoms with Crippen LogP contribution in [-0.4, -0.2) is 35.7 Å². The zero-order valence-electron chi connectivity index (χ0n) is 12.9. The topological polar surface area (TPSA) is 89.9 Å². The number of unbranched alkanes of at least 4 members (excludes halogenated alkanes) is 1. The molecule has 6 nitrogen and oxygen atoms in total. The highest BCUT2D eigenvalue weighted by Crippen LogP contribution is 2.10. The lowest BCUT2D eigenvalue weighted by atomic mass is 10.1. The predicted octanol–water partition coefficient (Wildman–Crippen LogP) is 2.46. The van der Waals surface area contributed by atoms with E-state index in [1.165, 1.54) is 6.92 Å². The van der Waals surface area contributed by atoms with E-state index in [9.17, 15) is 14.4 Å². The van der Waals surface area contributed by atoms with Crippen molar-refractivity contribution < 1.29 is 29.0 Å². The summed E-state index contributed by atoms with van der Waals surface area (Å²) in [5.74, 6) is -2.35. The Hall–Kier alpha value is -1.85. The van der Waals surface area contributed by atoms with Crippen LogP contribution in [0.25, 0.3) is 0 Å². The predicted molar refractivity (Wildman–Crippen MR) is 76.7 cm³/mol. The van der Waals surface area contributed by atoms with Gasteiger partial charge in [0.25, 0.3) is 0 Å². The fourth-order valence-corrected chi connectivity index (χ4v) is 1.54. The van der Waals surface area contributed by atoms with Gasteiger partial charge in [-0.15, -0.1) is 0 Å². The first-order valence-electron chi connectivity index (χ1n) is 7.18. The molecule has 6 heteroatoms. The molecule has 0 aliphatic rings.